The Hall–Kier alpha value is -0.810. The van der Waals surface area contributed by atoms with Crippen LogP contribution in [0.2, 0.25) is 0 Å². The Balaban J connectivity index is 0.00000180. The second-order valence-corrected chi connectivity index (χ2v) is 5.29. The summed E-state index contributed by atoms with van der Waals surface area (Å²) in [6.07, 6.45) is 4.80. The summed E-state index contributed by atoms with van der Waals surface area (Å²) in [5.41, 5.74) is -0.375. The van der Waals surface area contributed by atoms with E-state index in [1.165, 1.54) is 0 Å². The van der Waals surface area contributed by atoms with Gasteiger partial charge in [0.2, 0.25) is 11.8 Å². The van der Waals surface area contributed by atoms with Gasteiger partial charge in [-0.2, -0.15) is 0 Å². The monoisotopic (exact) mass is 289 g/mol. The van der Waals surface area contributed by atoms with Crippen molar-refractivity contribution in [3.8, 4) is 0 Å². The zero-order chi connectivity index (χ0) is 13.0. The Morgan fingerprint density at radius 3 is 2.47 bits per heavy atom. The predicted octanol–water partition coefficient (Wildman–Crippen LogP) is 0.583. The van der Waals surface area contributed by atoms with E-state index in [9.17, 15) is 9.59 Å². The fraction of sp³-hybridized carbons (Fsp3) is 0.846. The Kier molecular flexibility index (Phi) is 6.07. The molecule has 0 aromatic carbocycles. The number of carbonyl (C=O) groups is 2. The van der Waals surface area contributed by atoms with Crippen molar-refractivity contribution in [1.29, 1.82) is 0 Å². The molecule has 0 bridgehead atoms. The summed E-state index contributed by atoms with van der Waals surface area (Å²) in [5.74, 6) is 0.441. The van der Waals surface area contributed by atoms with Crippen LogP contribution in [0.5, 0.6) is 0 Å². The van der Waals surface area contributed by atoms with Crippen molar-refractivity contribution in [2.24, 2.45) is 5.92 Å². The number of nitrogens with one attached hydrogen (secondary N) is 3. The van der Waals surface area contributed by atoms with Gasteiger partial charge < -0.3 is 16.0 Å². The van der Waals surface area contributed by atoms with Crippen LogP contribution in [-0.2, 0) is 9.59 Å². The van der Waals surface area contributed by atoms with Gasteiger partial charge in [-0.15, -0.1) is 12.4 Å². The van der Waals surface area contributed by atoms with Crippen molar-refractivity contribution >= 4 is 24.2 Å². The third-order valence-corrected chi connectivity index (χ3v) is 3.94. The van der Waals surface area contributed by atoms with Gasteiger partial charge in [0.25, 0.3) is 0 Å². The van der Waals surface area contributed by atoms with Gasteiger partial charge in [-0.1, -0.05) is 6.92 Å². The molecule has 2 aliphatic rings. The molecule has 5 nitrogen and oxygen atoms in total. The molecule has 1 unspecified atom stereocenters. The van der Waals surface area contributed by atoms with Gasteiger partial charge >= 0.3 is 0 Å². The quantitative estimate of drug-likeness (QED) is 0.627. The van der Waals surface area contributed by atoms with Crippen LogP contribution < -0.4 is 16.0 Å². The molecule has 1 heterocycles. The van der Waals surface area contributed by atoms with E-state index >= 15 is 0 Å². The van der Waals surface area contributed by atoms with E-state index in [-0.39, 0.29) is 35.7 Å². The summed E-state index contributed by atoms with van der Waals surface area (Å²) in [6, 6.07) is 0. The van der Waals surface area contributed by atoms with Crippen LogP contribution in [-0.4, -0.2) is 37.0 Å². The zero-order valence-corrected chi connectivity index (χ0v) is 12.3. The molecule has 6 heteroatoms. The topological polar surface area (TPSA) is 70.2 Å². The molecule has 2 fully saturated rings. The lowest BCUT2D eigenvalue weighted by Gasteiger charge is -2.26. The number of hydrogen-bond donors (Lipinski definition) is 3. The van der Waals surface area contributed by atoms with Crippen LogP contribution in [0.25, 0.3) is 0 Å². The number of rotatable bonds is 6. The van der Waals surface area contributed by atoms with Crippen LogP contribution in [0.15, 0.2) is 0 Å². The molecule has 1 aliphatic heterocycles. The van der Waals surface area contributed by atoms with Crippen molar-refractivity contribution in [2.45, 2.75) is 44.6 Å². The Morgan fingerprint density at radius 2 is 1.95 bits per heavy atom. The van der Waals surface area contributed by atoms with Crippen molar-refractivity contribution in [3.05, 3.63) is 0 Å². The second kappa shape index (κ2) is 7.10. The highest BCUT2D eigenvalue weighted by molar-refractivity contribution is 5.86. The summed E-state index contributed by atoms with van der Waals surface area (Å²) >= 11 is 0. The van der Waals surface area contributed by atoms with Crippen LogP contribution in [0.4, 0.5) is 0 Å². The normalized spacial score (nSPS) is 25.5. The molecule has 1 saturated heterocycles. The van der Waals surface area contributed by atoms with Crippen molar-refractivity contribution in [1.82, 2.24) is 16.0 Å². The average molecular weight is 290 g/mol. The van der Waals surface area contributed by atoms with Crippen LogP contribution in [0.1, 0.15) is 39.0 Å². The minimum absolute atomic E-state index is 0. The number of carbonyl (C=O) groups excluding carboxylic acids is 2. The first-order valence-electron chi connectivity index (χ1n) is 6.99. The SMILES string of the molecule is CCC1(C(=O)NCCNC(=O)C2CC2)CCCN1.Cl. The highest BCUT2D eigenvalue weighted by atomic mass is 35.5. The van der Waals surface area contributed by atoms with Gasteiger partial charge in [0.15, 0.2) is 0 Å². The first-order valence-corrected chi connectivity index (χ1v) is 6.99. The zero-order valence-electron chi connectivity index (χ0n) is 11.5. The lowest BCUT2D eigenvalue weighted by atomic mass is 9.93. The Bertz CT molecular complexity index is 326. The van der Waals surface area contributed by atoms with Crippen LogP contribution >= 0.6 is 12.4 Å². The van der Waals surface area contributed by atoms with E-state index < -0.39 is 0 Å². The summed E-state index contributed by atoms with van der Waals surface area (Å²) < 4.78 is 0. The highest BCUT2D eigenvalue weighted by Crippen LogP contribution is 2.28. The summed E-state index contributed by atoms with van der Waals surface area (Å²) in [4.78, 5) is 23.5. The Labute approximate surface area is 120 Å². The van der Waals surface area contributed by atoms with E-state index in [0.717, 1.165) is 38.6 Å². The standard InChI is InChI=1S/C13H23N3O2.ClH/c1-2-13(6-3-7-16-13)12(18)15-9-8-14-11(17)10-4-5-10;/h10,16H,2-9H2,1H3,(H,14,17)(H,15,18);1H. The van der Waals surface area contributed by atoms with Gasteiger partial charge in [-0.05, 0) is 38.6 Å². The fourth-order valence-corrected chi connectivity index (χ4v) is 2.48. The summed E-state index contributed by atoms with van der Waals surface area (Å²) in [5, 5.41) is 9.06. The van der Waals surface area contributed by atoms with E-state index in [4.69, 9.17) is 0 Å². The largest absolute Gasteiger partial charge is 0.354 e. The van der Waals surface area contributed by atoms with Gasteiger partial charge in [0, 0.05) is 19.0 Å². The minimum atomic E-state index is -0.375. The van der Waals surface area contributed by atoms with Crippen LogP contribution in [0, 0.1) is 5.92 Å². The maximum Gasteiger partial charge on any atom is 0.240 e. The Morgan fingerprint density at radius 1 is 1.26 bits per heavy atom. The van der Waals surface area contributed by atoms with Gasteiger partial charge in [0.1, 0.15) is 0 Å². The minimum Gasteiger partial charge on any atom is -0.354 e. The van der Waals surface area contributed by atoms with Gasteiger partial charge in [-0.25, -0.2) is 0 Å². The first-order chi connectivity index (χ1) is 8.68. The third-order valence-electron chi connectivity index (χ3n) is 3.94. The van der Waals surface area contributed by atoms with Gasteiger partial charge in [0.05, 0.1) is 5.54 Å². The van der Waals surface area contributed by atoms with Crippen molar-refractivity contribution in [3.63, 3.8) is 0 Å². The maximum atomic E-state index is 12.1. The second-order valence-electron chi connectivity index (χ2n) is 5.29. The summed E-state index contributed by atoms with van der Waals surface area (Å²) in [6.45, 7) is 3.99. The first kappa shape index (κ1) is 16.2. The molecule has 0 radical (unpaired) electrons. The molecule has 2 rings (SSSR count). The molecule has 2 amide bonds. The van der Waals surface area contributed by atoms with E-state index in [1.54, 1.807) is 0 Å². The molecule has 0 aromatic heterocycles. The van der Waals surface area contributed by atoms with E-state index in [1.807, 2.05) is 6.92 Å². The van der Waals surface area contributed by atoms with E-state index in [2.05, 4.69) is 16.0 Å². The molecule has 1 aliphatic carbocycles. The molecule has 1 atom stereocenters. The van der Waals surface area contributed by atoms with Crippen molar-refractivity contribution in [2.75, 3.05) is 19.6 Å². The summed E-state index contributed by atoms with van der Waals surface area (Å²) in [7, 11) is 0. The number of halogens is 1. The molecule has 110 valence electrons. The predicted molar refractivity (Wildman–Crippen MR) is 76.3 cm³/mol. The molecular formula is C13H24ClN3O2. The molecule has 1 saturated carbocycles. The third kappa shape index (κ3) is 4.08. The molecule has 0 aromatic rings. The molecule has 0 spiro atoms. The number of hydrogen-bond acceptors (Lipinski definition) is 3. The van der Waals surface area contributed by atoms with E-state index in [0.29, 0.717) is 13.1 Å². The fourth-order valence-electron chi connectivity index (χ4n) is 2.48. The maximum absolute atomic E-state index is 12.1. The van der Waals surface area contributed by atoms with Crippen LogP contribution in [0.3, 0.4) is 0 Å². The lowest BCUT2D eigenvalue weighted by molar-refractivity contribution is -0.127. The smallest absolute Gasteiger partial charge is 0.240 e. The molecular weight excluding hydrogens is 266 g/mol. The van der Waals surface area contributed by atoms with Gasteiger partial charge in [-0.3, -0.25) is 9.59 Å². The van der Waals surface area contributed by atoms with Crippen molar-refractivity contribution < 1.29 is 9.59 Å². The highest BCUT2D eigenvalue weighted by Gasteiger charge is 2.38. The average Bonchev–Trinajstić information content (AvgIpc) is 3.12. The lowest BCUT2D eigenvalue weighted by Crippen LogP contribution is -2.54. The molecule has 3 N–H and O–H groups in total. The number of amides is 2. The molecule has 19 heavy (non-hydrogen) atoms.